The lowest BCUT2D eigenvalue weighted by Gasteiger charge is -2.21. The highest BCUT2D eigenvalue weighted by Crippen LogP contribution is 2.13. The summed E-state index contributed by atoms with van der Waals surface area (Å²) in [7, 11) is 1.60. The molecule has 0 heterocycles. The van der Waals surface area contributed by atoms with Crippen LogP contribution in [0.25, 0.3) is 0 Å². The van der Waals surface area contributed by atoms with E-state index in [0.717, 1.165) is 0 Å². The largest absolute Gasteiger partial charge is 0.383 e. The fourth-order valence-corrected chi connectivity index (χ4v) is 1.74. The Morgan fingerprint density at radius 1 is 1.32 bits per heavy atom. The van der Waals surface area contributed by atoms with Gasteiger partial charge >= 0.3 is 0 Å². The zero-order chi connectivity index (χ0) is 14.1. The van der Waals surface area contributed by atoms with Crippen LogP contribution in [0.1, 0.15) is 17.5 Å². The van der Waals surface area contributed by atoms with E-state index in [1.807, 2.05) is 4.90 Å². The second-order valence-electron chi connectivity index (χ2n) is 4.09. The van der Waals surface area contributed by atoms with Crippen molar-refractivity contribution in [2.24, 2.45) is 0 Å². The number of nitriles is 2. The molecule has 0 spiro atoms. The summed E-state index contributed by atoms with van der Waals surface area (Å²) < 4.78 is 18.2. The Balaban J connectivity index is 2.80. The minimum Gasteiger partial charge on any atom is -0.383 e. The van der Waals surface area contributed by atoms with Gasteiger partial charge in [0.25, 0.3) is 0 Å². The molecule has 0 saturated heterocycles. The summed E-state index contributed by atoms with van der Waals surface area (Å²) in [5.74, 6) is -0.360. The molecule has 0 aliphatic carbocycles. The van der Waals surface area contributed by atoms with Gasteiger partial charge in [0.1, 0.15) is 5.82 Å². The summed E-state index contributed by atoms with van der Waals surface area (Å²) in [6.45, 7) is 2.18. The number of methoxy groups -OCH3 is 1. The van der Waals surface area contributed by atoms with Gasteiger partial charge in [-0.2, -0.15) is 10.5 Å². The maximum atomic E-state index is 13.2. The minimum absolute atomic E-state index is 0.360. The molecule has 1 aromatic carbocycles. The van der Waals surface area contributed by atoms with Gasteiger partial charge in [-0.1, -0.05) is 0 Å². The van der Waals surface area contributed by atoms with Gasteiger partial charge in [0.2, 0.25) is 0 Å². The van der Waals surface area contributed by atoms with Gasteiger partial charge in [-0.3, -0.25) is 4.90 Å². The first-order valence-corrected chi connectivity index (χ1v) is 5.98. The Bertz CT molecular complexity index is 490. The van der Waals surface area contributed by atoms with E-state index in [4.69, 9.17) is 15.3 Å². The molecule has 5 heteroatoms. The number of hydrogen-bond acceptors (Lipinski definition) is 4. The van der Waals surface area contributed by atoms with Crippen molar-refractivity contribution in [3.8, 4) is 12.1 Å². The van der Waals surface area contributed by atoms with Crippen molar-refractivity contribution in [1.82, 2.24) is 4.90 Å². The van der Waals surface area contributed by atoms with E-state index < -0.39 is 0 Å². The smallest absolute Gasteiger partial charge is 0.123 e. The molecule has 0 fully saturated rings. The van der Waals surface area contributed by atoms with Crippen LogP contribution in [0.2, 0.25) is 0 Å². The molecule has 0 radical (unpaired) electrons. The molecule has 0 N–H and O–H groups in total. The molecular formula is C14H16FN3O. The molecule has 0 atom stereocenters. The normalized spacial score (nSPS) is 10.2. The van der Waals surface area contributed by atoms with E-state index in [-0.39, 0.29) is 5.82 Å². The van der Waals surface area contributed by atoms with Gasteiger partial charge in [-0.15, -0.1) is 0 Å². The van der Waals surface area contributed by atoms with Crippen molar-refractivity contribution in [1.29, 1.82) is 10.5 Å². The van der Waals surface area contributed by atoms with Gasteiger partial charge < -0.3 is 4.74 Å². The van der Waals surface area contributed by atoms with Crippen LogP contribution in [0.4, 0.5) is 4.39 Å². The Hall–Kier alpha value is -1.95. The fraction of sp³-hybridized carbons (Fsp3) is 0.429. The number of halogens is 1. The number of rotatable bonds is 7. The van der Waals surface area contributed by atoms with E-state index in [2.05, 4.69) is 12.1 Å². The van der Waals surface area contributed by atoms with E-state index in [0.29, 0.717) is 43.8 Å². The monoisotopic (exact) mass is 261 g/mol. The Labute approximate surface area is 112 Å². The second kappa shape index (κ2) is 8.20. The van der Waals surface area contributed by atoms with Crippen molar-refractivity contribution in [3.05, 3.63) is 35.1 Å². The average molecular weight is 261 g/mol. The second-order valence-corrected chi connectivity index (χ2v) is 4.09. The van der Waals surface area contributed by atoms with Gasteiger partial charge in [-0.25, -0.2) is 4.39 Å². The van der Waals surface area contributed by atoms with E-state index >= 15 is 0 Å². The summed E-state index contributed by atoms with van der Waals surface area (Å²) in [6.07, 6.45) is 0.390. The van der Waals surface area contributed by atoms with Crippen molar-refractivity contribution in [2.45, 2.75) is 13.0 Å². The molecule has 0 aliphatic heterocycles. The third kappa shape index (κ3) is 5.05. The van der Waals surface area contributed by atoms with Crippen LogP contribution in [0, 0.1) is 28.5 Å². The Kier molecular flexibility index (Phi) is 6.52. The van der Waals surface area contributed by atoms with Crippen molar-refractivity contribution < 1.29 is 9.13 Å². The summed E-state index contributed by atoms with van der Waals surface area (Å²) in [6, 6.07) is 8.25. The molecule has 100 valence electrons. The molecule has 0 bridgehead atoms. The first kappa shape index (κ1) is 15.1. The number of benzene rings is 1. The fourth-order valence-electron chi connectivity index (χ4n) is 1.74. The highest BCUT2D eigenvalue weighted by molar-refractivity contribution is 5.37. The summed E-state index contributed by atoms with van der Waals surface area (Å²) >= 11 is 0. The molecule has 1 rings (SSSR count). The third-order valence-corrected chi connectivity index (χ3v) is 2.73. The van der Waals surface area contributed by atoms with Crippen molar-refractivity contribution >= 4 is 0 Å². The highest BCUT2D eigenvalue weighted by atomic mass is 19.1. The highest BCUT2D eigenvalue weighted by Gasteiger charge is 2.10. The summed E-state index contributed by atoms with van der Waals surface area (Å²) in [4.78, 5) is 1.97. The zero-order valence-corrected chi connectivity index (χ0v) is 10.9. The van der Waals surface area contributed by atoms with E-state index in [9.17, 15) is 4.39 Å². The van der Waals surface area contributed by atoms with Crippen molar-refractivity contribution in [3.63, 3.8) is 0 Å². The average Bonchev–Trinajstić information content (AvgIpc) is 2.42. The molecule has 0 saturated carbocycles. The lowest BCUT2D eigenvalue weighted by molar-refractivity contribution is 0.145. The van der Waals surface area contributed by atoms with Crippen LogP contribution >= 0.6 is 0 Å². The predicted octanol–water partition coefficient (Wildman–Crippen LogP) is 2.06. The van der Waals surface area contributed by atoms with Crippen LogP contribution in [0.3, 0.4) is 0 Å². The SMILES string of the molecule is COCCN(CCC#N)Cc1cc(F)ccc1C#N. The number of hydrogen-bond donors (Lipinski definition) is 0. The lowest BCUT2D eigenvalue weighted by atomic mass is 10.1. The zero-order valence-electron chi connectivity index (χ0n) is 10.9. The first-order valence-electron chi connectivity index (χ1n) is 5.98. The molecule has 0 unspecified atom stereocenters. The Morgan fingerprint density at radius 3 is 2.74 bits per heavy atom. The van der Waals surface area contributed by atoms with Gasteiger partial charge in [-0.05, 0) is 23.8 Å². The molecule has 0 aliphatic rings. The van der Waals surface area contributed by atoms with Crippen LogP contribution < -0.4 is 0 Å². The number of nitrogens with zero attached hydrogens (tertiary/aromatic N) is 3. The van der Waals surface area contributed by atoms with Crippen LogP contribution in [0.15, 0.2) is 18.2 Å². The molecule has 0 aromatic heterocycles. The third-order valence-electron chi connectivity index (χ3n) is 2.73. The summed E-state index contributed by atoms with van der Waals surface area (Å²) in [5, 5.41) is 17.6. The quantitative estimate of drug-likeness (QED) is 0.753. The van der Waals surface area contributed by atoms with Gasteiger partial charge in [0.05, 0.1) is 24.3 Å². The predicted molar refractivity (Wildman–Crippen MR) is 68.5 cm³/mol. The molecule has 4 nitrogen and oxygen atoms in total. The van der Waals surface area contributed by atoms with Crippen LogP contribution in [0.5, 0.6) is 0 Å². The molecule has 1 aromatic rings. The topological polar surface area (TPSA) is 60.0 Å². The first-order chi connectivity index (χ1) is 9.21. The van der Waals surface area contributed by atoms with E-state index in [1.165, 1.54) is 18.2 Å². The van der Waals surface area contributed by atoms with Crippen LogP contribution in [-0.4, -0.2) is 31.7 Å². The maximum absolute atomic E-state index is 13.2. The van der Waals surface area contributed by atoms with E-state index in [1.54, 1.807) is 7.11 Å². The van der Waals surface area contributed by atoms with Crippen LogP contribution in [-0.2, 0) is 11.3 Å². The van der Waals surface area contributed by atoms with Gasteiger partial charge in [0.15, 0.2) is 0 Å². The molecule has 0 amide bonds. The number of ether oxygens (including phenoxy) is 1. The lowest BCUT2D eigenvalue weighted by Crippen LogP contribution is -2.28. The maximum Gasteiger partial charge on any atom is 0.123 e. The molecule has 19 heavy (non-hydrogen) atoms. The molecular weight excluding hydrogens is 245 g/mol. The van der Waals surface area contributed by atoms with Gasteiger partial charge in [0, 0.05) is 33.2 Å². The standard InChI is InChI=1S/C14H16FN3O/c1-19-8-7-18(6-2-5-16)11-13-9-14(15)4-3-12(13)10-17/h3-4,9H,2,6-8,11H2,1H3. The minimum atomic E-state index is -0.360. The summed E-state index contributed by atoms with van der Waals surface area (Å²) in [5.41, 5.74) is 1.09. The van der Waals surface area contributed by atoms with Crippen molar-refractivity contribution in [2.75, 3.05) is 26.8 Å². The Morgan fingerprint density at radius 2 is 2.11 bits per heavy atom.